The maximum Gasteiger partial charge on any atom is 0.305 e. The van der Waals surface area contributed by atoms with E-state index in [0.717, 1.165) is 18.7 Å². The molecular weight excluding hydrogens is 1640 g/mol. The molecule has 14 atom stereocenters. The zero-order valence-corrected chi connectivity index (χ0v) is 69.4. The van der Waals surface area contributed by atoms with Crippen LogP contribution in [-0.4, -0.2) is 280 Å². The number of rotatable bonds is 35. The van der Waals surface area contributed by atoms with Crippen LogP contribution in [0, 0.1) is 5.41 Å². The van der Waals surface area contributed by atoms with E-state index >= 15 is 14.4 Å². The van der Waals surface area contributed by atoms with E-state index in [1.165, 1.54) is 52.8 Å². The van der Waals surface area contributed by atoms with E-state index in [4.69, 9.17) is 16.9 Å². The summed E-state index contributed by atoms with van der Waals surface area (Å²) in [6.45, 7) is 2.52. The van der Waals surface area contributed by atoms with Crippen molar-refractivity contribution >= 4 is 136 Å². The summed E-state index contributed by atoms with van der Waals surface area (Å²) in [6.07, 6.45) is -2.97. The number of hydrogen-bond acceptors (Lipinski definition) is 24. The fourth-order valence-corrected chi connectivity index (χ4v) is 16.2. The van der Waals surface area contributed by atoms with Gasteiger partial charge in [-0.2, -0.15) is 35.3 Å². The van der Waals surface area contributed by atoms with Crippen LogP contribution in [0.1, 0.15) is 112 Å². The average Bonchev–Trinajstić information content (AvgIpc) is 1.67. The van der Waals surface area contributed by atoms with Gasteiger partial charge in [0.2, 0.25) is 82.7 Å². The number of nitrogens with zero attached hydrogens (tertiary/aromatic N) is 3. The number of aromatic amines is 1. The summed E-state index contributed by atoms with van der Waals surface area (Å²) in [5.74, 6) is -16.8. The number of thioether (sulfide) groups is 3. The van der Waals surface area contributed by atoms with Crippen LogP contribution in [0.5, 0.6) is 0 Å². The van der Waals surface area contributed by atoms with Gasteiger partial charge in [-0.1, -0.05) is 84.9 Å². The van der Waals surface area contributed by atoms with Crippen molar-refractivity contribution < 1.29 is 102 Å². The summed E-state index contributed by atoms with van der Waals surface area (Å²) in [5, 5.41) is 89.0. The second kappa shape index (κ2) is 48.7. The SMILES string of the molecule is CSCC[C@H](NC(C)=O)C(=O)N[C@H]1CSCc2cccc(c2)CSC[C@@H](C(=O)N[C@@H](CC(=O)O)C(=O)N[C@@H](Cc2c[nH]cn2)C(=O)N[C@H](Cc2ccccc2)C(=O)N[C@@H](CCCNC(=N)N)C(=O)N[C@@H](CC(O)O)C(N)=O)NC(=O)[C@H](Cc2ccccc2)NC(=O)[C@H](CCC(=O)O)NC(=O)[C@H]([C@@H](C)O)NC(=O)[C@@H]2CCCN2C(=O)[C@@H]2CCCN2C1=O. The zero-order chi connectivity index (χ0) is 88.4. The Morgan fingerprint density at radius 2 is 1.19 bits per heavy atom. The van der Waals surface area contributed by atoms with Crippen molar-refractivity contribution in [3.05, 3.63) is 125 Å². The molecule has 43 heteroatoms. The van der Waals surface area contributed by atoms with Crippen molar-refractivity contribution in [2.75, 3.05) is 43.1 Å². The maximum absolute atomic E-state index is 15.3. The highest BCUT2D eigenvalue weighted by Gasteiger charge is 2.46. The van der Waals surface area contributed by atoms with E-state index in [1.807, 2.05) is 12.3 Å². The number of amides is 14. The summed E-state index contributed by atoms with van der Waals surface area (Å²) in [6, 6.07) is 2.62. The van der Waals surface area contributed by atoms with E-state index in [1.54, 1.807) is 78.9 Å². The number of carbonyl (C=O) groups excluding carboxylic acids is 14. The van der Waals surface area contributed by atoms with Crippen molar-refractivity contribution in [3.8, 4) is 0 Å². The van der Waals surface area contributed by atoms with Gasteiger partial charge in [0.25, 0.3) is 0 Å². The fourth-order valence-electron chi connectivity index (χ4n) is 13.7. The largest absolute Gasteiger partial charge is 0.481 e. The van der Waals surface area contributed by atoms with Gasteiger partial charge in [0.05, 0.1) is 24.5 Å². The smallest absolute Gasteiger partial charge is 0.305 e. The first-order valence-corrected chi connectivity index (χ1v) is 42.9. The Balaban J connectivity index is 1.25. The lowest BCUT2D eigenvalue weighted by atomic mass is 10.0. The first-order chi connectivity index (χ1) is 57.7. The number of hydrogen-bond donors (Lipinski definition) is 21. The zero-order valence-electron chi connectivity index (χ0n) is 66.9. The first-order valence-electron chi connectivity index (χ1n) is 39.2. The molecule has 0 aliphatic carbocycles. The molecule has 4 aromatic rings. The van der Waals surface area contributed by atoms with Crippen molar-refractivity contribution in [1.82, 2.24) is 83.6 Å². The Kier molecular flexibility index (Phi) is 39.0. The van der Waals surface area contributed by atoms with Crippen molar-refractivity contribution in [3.63, 3.8) is 0 Å². The van der Waals surface area contributed by atoms with Crippen LogP contribution in [-0.2, 0) is 107 Å². The van der Waals surface area contributed by atoms with E-state index in [2.05, 4.69) is 73.8 Å². The molecule has 0 unspecified atom stereocenters. The van der Waals surface area contributed by atoms with Crippen molar-refractivity contribution in [1.29, 1.82) is 5.41 Å². The molecule has 14 amide bonds. The lowest BCUT2D eigenvalue weighted by Crippen LogP contribution is -2.62. The number of aliphatic hydroxyl groups is 3. The monoisotopic (exact) mass is 1740 g/mol. The number of carboxylic acid groups (broad SMARTS) is 2. The molecule has 658 valence electrons. The third kappa shape index (κ3) is 31.6. The number of H-pyrrole nitrogens is 1. The highest BCUT2D eigenvalue weighted by molar-refractivity contribution is 7.99. The van der Waals surface area contributed by atoms with Gasteiger partial charge in [-0.25, -0.2) is 4.98 Å². The number of primary amides is 1. The molecule has 1 aromatic heterocycles. The van der Waals surface area contributed by atoms with Crippen molar-refractivity contribution in [2.45, 2.75) is 206 Å². The van der Waals surface area contributed by atoms with E-state index in [-0.39, 0.29) is 87.5 Å². The van der Waals surface area contributed by atoms with E-state index < -0.39 is 229 Å². The standard InChI is InChI=1S/C78H107N19O21S3/c1-42(98)64-75(116)87-50(23-24-61(100)101)67(108)89-54(32-45-16-8-5-9-17-45)70(111)93-57(39-120-37-46-18-10-19-47(30-46)38-121-40-58(94-68(109)51(25-29-119-3)85-43(2)99)76(117)97-28-13-22-60(97)77(118)96-27-12-21-59(96)74(115)95-64)73(114)92-56(35-63(104)105)72(113)91-55(33-48-36-82-41-84-48)71(112)90-53(31-44-14-6-4-7-15-44)69(110)86-49(20-11-26-83-78(80)81)66(107)88-52(65(79)106)34-62(102)103/h4-10,14-19,30,36,41-42,49-60,62,64,98,102-103H,11-13,20-29,31-35,37-40H2,1-3H3,(H2,79,106)(H,82,84)(H,85,99)(H,86,110)(H,87,116)(H,88,107)(H,89,108)(H,90,112)(H,91,113)(H,92,114)(H,93,111)(H,94,109)(H,95,115)(H,100,101)(H,104,105)(H4,80,81,83)/t42-,49+,50+,51+,52+,53-,54+,55+,56+,57+,58+,59+,60+,64+/m1/s1. The number of carboxylic acids is 2. The number of guanidine groups is 1. The molecule has 40 nitrogen and oxygen atoms in total. The molecule has 4 heterocycles. The lowest BCUT2D eigenvalue weighted by Gasteiger charge is -2.34. The van der Waals surface area contributed by atoms with Crippen LogP contribution < -0.4 is 75.3 Å². The van der Waals surface area contributed by atoms with Gasteiger partial charge in [0.15, 0.2) is 12.2 Å². The number of nitrogens with one attached hydrogen (secondary N) is 14. The molecule has 2 saturated heterocycles. The highest BCUT2D eigenvalue weighted by Crippen LogP contribution is 2.28. The third-order valence-corrected chi connectivity index (χ3v) is 22.7. The maximum atomic E-state index is 15.3. The number of fused-ring (bicyclic) bond motifs is 4. The molecule has 23 N–H and O–H groups in total. The van der Waals surface area contributed by atoms with Gasteiger partial charge >= 0.3 is 11.9 Å². The normalized spacial score (nSPS) is 20.8. The number of nitrogens with two attached hydrogens (primary N) is 2. The van der Waals surface area contributed by atoms with Crippen LogP contribution in [0.3, 0.4) is 0 Å². The molecule has 121 heavy (non-hydrogen) atoms. The minimum absolute atomic E-state index is 0.00223. The van der Waals surface area contributed by atoms with Gasteiger partial charge in [0.1, 0.15) is 78.5 Å². The van der Waals surface area contributed by atoms with E-state index in [0.29, 0.717) is 40.8 Å². The number of aromatic nitrogens is 2. The lowest BCUT2D eigenvalue weighted by molar-refractivity contribution is -0.148. The highest BCUT2D eigenvalue weighted by atomic mass is 32.2. The van der Waals surface area contributed by atoms with Gasteiger partial charge in [-0.05, 0) is 92.6 Å². The Morgan fingerprint density at radius 1 is 0.620 bits per heavy atom. The molecule has 2 fully saturated rings. The Labute approximate surface area is 709 Å². The minimum atomic E-state index is -2.11. The topological polar surface area (TPSA) is 630 Å². The van der Waals surface area contributed by atoms with Crippen LogP contribution >= 0.6 is 35.3 Å². The number of aliphatic carboxylic acids is 2. The average molecular weight is 1740 g/mol. The molecule has 0 saturated carbocycles. The van der Waals surface area contributed by atoms with Gasteiger partial charge in [0, 0.05) is 87.9 Å². The third-order valence-electron chi connectivity index (χ3n) is 19.8. The van der Waals surface area contributed by atoms with Gasteiger partial charge < -0.3 is 116 Å². The molecule has 0 radical (unpaired) electrons. The summed E-state index contributed by atoms with van der Waals surface area (Å²) in [5.41, 5.74) is 13.2. The Morgan fingerprint density at radius 3 is 1.78 bits per heavy atom. The number of benzene rings is 3. The van der Waals surface area contributed by atoms with Crippen LogP contribution in [0.2, 0.25) is 0 Å². The predicted octanol–water partition coefficient (Wildman–Crippen LogP) is -4.12. The van der Waals surface area contributed by atoms with Crippen LogP contribution in [0.25, 0.3) is 0 Å². The summed E-state index contributed by atoms with van der Waals surface area (Å²) < 4.78 is 0. The molecule has 0 spiro atoms. The predicted molar refractivity (Wildman–Crippen MR) is 443 cm³/mol. The fraction of sp³-hybridized carbons (Fsp3) is 0.513. The van der Waals surface area contributed by atoms with Crippen LogP contribution in [0.15, 0.2) is 97.5 Å². The number of aliphatic hydroxyl groups excluding tert-OH is 2. The summed E-state index contributed by atoms with van der Waals surface area (Å²) >= 11 is 3.73. The first kappa shape index (κ1) is 96.7. The molecular formula is C78H107N19O21S3. The second-order valence-electron chi connectivity index (χ2n) is 29.3. The molecule has 3 aliphatic heterocycles. The molecule has 3 aromatic carbocycles. The quantitative estimate of drug-likeness (QED) is 0.00900. The summed E-state index contributed by atoms with van der Waals surface area (Å²) in [7, 11) is 0. The van der Waals surface area contributed by atoms with Gasteiger partial charge in [-0.3, -0.25) is 82.1 Å². The number of carbonyl (C=O) groups is 16. The summed E-state index contributed by atoms with van der Waals surface area (Å²) in [4.78, 5) is 236. The Bertz CT molecular complexity index is 4270. The van der Waals surface area contributed by atoms with Gasteiger partial charge in [-0.15, -0.1) is 0 Å². The number of imidazole rings is 1. The van der Waals surface area contributed by atoms with Crippen LogP contribution in [0.4, 0.5) is 0 Å². The van der Waals surface area contributed by atoms with E-state index in [9.17, 15) is 87.9 Å². The Hall–Kier alpha value is -11.4. The second-order valence-corrected chi connectivity index (χ2v) is 32.4. The molecule has 7 rings (SSSR count). The minimum Gasteiger partial charge on any atom is -0.481 e. The molecule has 2 bridgehead atoms. The molecule has 3 aliphatic rings. The van der Waals surface area contributed by atoms with Crippen molar-refractivity contribution in [2.24, 2.45) is 11.5 Å².